The van der Waals surface area contributed by atoms with Crippen LogP contribution in [0.4, 0.5) is 11.4 Å². The molecule has 0 aliphatic rings. The molecule has 0 unspecified atom stereocenters. The molecule has 0 aliphatic carbocycles. The van der Waals surface area contributed by atoms with Gasteiger partial charge in [-0.3, -0.25) is 4.57 Å². The summed E-state index contributed by atoms with van der Waals surface area (Å²) in [5, 5.41) is 15.9. The van der Waals surface area contributed by atoms with Gasteiger partial charge in [0.05, 0.1) is 39.0 Å². The molecule has 0 atom stereocenters. The molecule has 4 aromatic heterocycles. The van der Waals surface area contributed by atoms with Crippen LogP contribution in [0.5, 0.6) is 0 Å². The zero-order valence-electron chi connectivity index (χ0n) is 14.9. The highest BCUT2D eigenvalue weighted by Crippen LogP contribution is 2.30. The fraction of sp³-hybridized carbons (Fsp3) is 0.167. The Balaban J connectivity index is 1.67. The Kier molecular flexibility index (Phi) is 4.44. The van der Waals surface area contributed by atoms with Gasteiger partial charge in [-0.15, -0.1) is 5.10 Å². The molecule has 0 radical (unpaired) electrons. The van der Waals surface area contributed by atoms with Crippen LogP contribution in [-0.4, -0.2) is 29.9 Å². The number of nitrogens with zero attached hydrogens (tertiary/aromatic N) is 6. The van der Waals surface area contributed by atoms with E-state index < -0.39 is 0 Å². The van der Waals surface area contributed by atoms with Gasteiger partial charge < -0.3 is 9.84 Å². The van der Waals surface area contributed by atoms with Crippen molar-refractivity contribution in [2.45, 2.75) is 20.8 Å². The molecule has 136 valence electrons. The molecule has 9 heteroatoms. The number of aromatic nitrogens is 6. The highest BCUT2D eigenvalue weighted by molar-refractivity contribution is 9.10. The van der Waals surface area contributed by atoms with Gasteiger partial charge in [-0.25, -0.2) is 9.97 Å². The molecule has 0 fully saturated rings. The van der Waals surface area contributed by atoms with Gasteiger partial charge in [-0.2, -0.15) is 5.10 Å². The van der Waals surface area contributed by atoms with Crippen molar-refractivity contribution < 1.29 is 4.52 Å². The first-order valence-corrected chi connectivity index (χ1v) is 9.00. The lowest BCUT2D eigenvalue weighted by atomic mass is 10.1. The molecule has 0 aliphatic heterocycles. The Morgan fingerprint density at radius 3 is 2.63 bits per heavy atom. The predicted molar refractivity (Wildman–Crippen MR) is 104 cm³/mol. The molecular weight excluding hydrogens is 410 g/mol. The van der Waals surface area contributed by atoms with E-state index in [0.29, 0.717) is 11.5 Å². The normalized spacial score (nSPS) is 11.0. The van der Waals surface area contributed by atoms with Crippen LogP contribution in [0.2, 0.25) is 0 Å². The summed E-state index contributed by atoms with van der Waals surface area (Å²) in [6.07, 6.45) is 7.01. The second kappa shape index (κ2) is 6.92. The lowest BCUT2D eigenvalue weighted by molar-refractivity contribution is 0.393. The van der Waals surface area contributed by atoms with Crippen molar-refractivity contribution in [2.24, 2.45) is 0 Å². The second-order valence-electron chi connectivity index (χ2n) is 6.05. The average Bonchev–Trinajstić information content (AvgIpc) is 3.28. The summed E-state index contributed by atoms with van der Waals surface area (Å²) in [6.45, 7) is 5.64. The summed E-state index contributed by atoms with van der Waals surface area (Å²) >= 11 is 3.57. The highest BCUT2D eigenvalue weighted by Gasteiger charge is 2.15. The SMILES string of the molecule is Cc1nnc(-c2c(C)noc2C)cc1Nc1cnc(-n2ccnc2)c(Br)c1. The summed E-state index contributed by atoms with van der Waals surface area (Å²) in [4.78, 5) is 8.55. The topological polar surface area (TPSA) is 94.5 Å². The maximum absolute atomic E-state index is 5.24. The van der Waals surface area contributed by atoms with Crippen LogP contribution >= 0.6 is 15.9 Å². The minimum absolute atomic E-state index is 0.710. The molecule has 0 saturated carbocycles. The fourth-order valence-electron chi connectivity index (χ4n) is 2.78. The number of aryl methyl sites for hydroxylation is 3. The lowest BCUT2D eigenvalue weighted by Gasteiger charge is -2.12. The van der Waals surface area contributed by atoms with E-state index in [2.05, 4.69) is 46.6 Å². The molecule has 4 rings (SSSR count). The van der Waals surface area contributed by atoms with Gasteiger partial charge in [0.2, 0.25) is 0 Å². The van der Waals surface area contributed by atoms with Gasteiger partial charge in [-0.1, -0.05) is 5.16 Å². The van der Waals surface area contributed by atoms with Gasteiger partial charge in [-0.05, 0) is 48.8 Å². The number of imidazole rings is 1. The van der Waals surface area contributed by atoms with Gasteiger partial charge in [0.15, 0.2) is 5.82 Å². The Labute approximate surface area is 163 Å². The van der Waals surface area contributed by atoms with Crippen LogP contribution in [0.25, 0.3) is 17.1 Å². The molecule has 4 heterocycles. The number of hydrogen-bond acceptors (Lipinski definition) is 7. The first-order chi connectivity index (χ1) is 13.0. The van der Waals surface area contributed by atoms with Crippen molar-refractivity contribution in [2.75, 3.05) is 5.32 Å². The first-order valence-electron chi connectivity index (χ1n) is 8.21. The van der Waals surface area contributed by atoms with Crippen LogP contribution in [-0.2, 0) is 0 Å². The third-order valence-electron chi connectivity index (χ3n) is 4.12. The fourth-order valence-corrected chi connectivity index (χ4v) is 3.33. The molecule has 1 N–H and O–H groups in total. The van der Waals surface area contributed by atoms with Crippen LogP contribution in [0.1, 0.15) is 17.1 Å². The number of halogens is 1. The maximum atomic E-state index is 5.24. The smallest absolute Gasteiger partial charge is 0.152 e. The van der Waals surface area contributed by atoms with Crippen molar-refractivity contribution in [3.8, 4) is 17.1 Å². The molecule has 0 spiro atoms. The lowest BCUT2D eigenvalue weighted by Crippen LogP contribution is -2.01. The van der Waals surface area contributed by atoms with Gasteiger partial charge in [0, 0.05) is 12.4 Å². The van der Waals surface area contributed by atoms with Gasteiger partial charge in [0.1, 0.15) is 17.8 Å². The Morgan fingerprint density at radius 1 is 1.11 bits per heavy atom. The van der Waals surface area contributed by atoms with Crippen LogP contribution in [0.3, 0.4) is 0 Å². The van der Waals surface area contributed by atoms with Crippen LogP contribution < -0.4 is 5.32 Å². The van der Waals surface area contributed by atoms with E-state index in [0.717, 1.165) is 38.6 Å². The standard InChI is InChI=1S/C18H16BrN7O/c1-10-15(7-16(24-23-10)17-11(2)25-27-12(17)3)22-13-6-14(19)18(21-8-13)26-5-4-20-9-26/h4-9H,1-3H3,(H,22,24). The minimum Gasteiger partial charge on any atom is -0.361 e. The number of rotatable bonds is 4. The third kappa shape index (κ3) is 3.33. The summed E-state index contributed by atoms with van der Waals surface area (Å²) in [7, 11) is 0. The predicted octanol–water partition coefficient (Wildman–Crippen LogP) is 4.14. The monoisotopic (exact) mass is 425 g/mol. The van der Waals surface area contributed by atoms with Crippen molar-refractivity contribution in [1.82, 2.24) is 29.9 Å². The summed E-state index contributed by atoms with van der Waals surface area (Å²) < 4.78 is 7.92. The molecule has 27 heavy (non-hydrogen) atoms. The number of pyridine rings is 1. The molecule has 8 nitrogen and oxygen atoms in total. The Hall–Kier alpha value is -3.07. The van der Waals surface area contributed by atoms with E-state index in [9.17, 15) is 0 Å². The van der Waals surface area contributed by atoms with Crippen molar-refractivity contribution in [3.05, 3.63) is 58.7 Å². The summed E-state index contributed by atoms with van der Waals surface area (Å²) in [6, 6.07) is 3.89. The van der Waals surface area contributed by atoms with Crippen molar-refractivity contribution >= 4 is 27.3 Å². The van der Waals surface area contributed by atoms with E-state index in [-0.39, 0.29) is 0 Å². The quantitative estimate of drug-likeness (QED) is 0.524. The Bertz CT molecular complexity index is 1090. The maximum Gasteiger partial charge on any atom is 0.152 e. The average molecular weight is 426 g/mol. The third-order valence-corrected chi connectivity index (χ3v) is 4.70. The van der Waals surface area contributed by atoms with Crippen LogP contribution in [0, 0.1) is 20.8 Å². The number of nitrogens with one attached hydrogen (secondary N) is 1. The minimum atomic E-state index is 0.710. The number of anilines is 2. The van der Waals surface area contributed by atoms with Crippen molar-refractivity contribution in [3.63, 3.8) is 0 Å². The summed E-state index contributed by atoms with van der Waals surface area (Å²) in [5.41, 5.74) is 4.79. The molecule has 4 aromatic rings. The first kappa shape index (κ1) is 17.3. The summed E-state index contributed by atoms with van der Waals surface area (Å²) in [5.74, 6) is 1.48. The number of hydrogen-bond donors (Lipinski definition) is 1. The molecular formula is C18H16BrN7O. The second-order valence-corrected chi connectivity index (χ2v) is 6.91. The molecule has 0 bridgehead atoms. The van der Waals surface area contributed by atoms with Gasteiger partial charge >= 0.3 is 0 Å². The highest BCUT2D eigenvalue weighted by atomic mass is 79.9. The van der Waals surface area contributed by atoms with E-state index in [1.807, 2.05) is 43.7 Å². The van der Waals surface area contributed by atoms with E-state index in [4.69, 9.17) is 4.52 Å². The zero-order chi connectivity index (χ0) is 19.0. The van der Waals surface area contributed by atoms with E-state index in [1.165, 1.54) is 0 Å². The zero-order valence-corrected chi connectivity index (χ0v) is 16.5. The largest absolute Gasteiger partial charge is 0.361 e. The van der Waals surface area contributed by atoms with Gasteiger partial charge in [0.25, 0.3) is 0 Å². The van der Waals surface area contributed by atoms with E-state index >= 15 is 0 Å². The molecule has 0 saturated heterocycles. The molecule has 0 amide bonds. The molecule has 0 aromatic carbocycles. The van der Waals surface area contributed by atoms with Crippen LogP contribution in [0.15, 0.2) is 46.0 Å². The Morgan fingerprint density at radius 2 is 1.96 bits per heavy atom. The van der Waals surface area contributed by atoms with Crippen molar-refractivity contribution in [1.29, 1.82) is 0 Å². The van der Waals surface area contributed by atoms with E-state index in [1.54, 1.807) is 18.7 Å².